The van der Waals surface area contributed by atoms with Crippen LogP contribution >= 0.6 is 23.2 Å². The molecule has 10 nitrogen and oxygen atoms in total. The lowest BCUT2D eigenvalue weighted by Gasteiger charge is -2.14. The van der Waals surface area contributed by atoms with Gasteiger partial charge in [0.2, 0.25) is 0 Å². The maximum Gasteiger partial charge on any atom is 0.411 e. The normalized spacial score (nSPS) is 10.2. The van der Waals surface area contributed by atoms with Gasteiger partial charge in [0.25, 0.3) is 0 Å². The summed E-state index contributed by atoms with van der Waals surface area (Å²) in [5.41, 5.74) is 5.12. The van der Waals surface area contributed by atoms with Crippen LogP contribution in [0.4, 0.5) is 32.3 Å². The maximum absolute atomic E-state index is 11.6. The number of aliphatic hydroxyl groups is 2. The Bertz CT molecular complexity index is 942. The van der Waals surface area contributed by atoms with Crippen LogP contribution in [0.25, 0.3) is 0 Å². The number of aliphatic hydroxyl groups excluding tert-OH is 2. The monoisotopic (exact) mass is 600 g/mol. The van der Waals surface area contributed by atoms with Crippen LogP contribution in [0.15, 0.2) is 36.4 Å². The van der Waals surface area contributed by atoms with E-state index in [1.807, 2.05) is 18.2 Å². The fraction of sp³-hybridized carbons (Fsp3) is 0.500. The molecule has 0 heterocycles. The van der Waals surface area contributed by atoms with Crippen LogP contribution in [0.2, 0.25) is 0 Å². The molecule has 0 unspecified atom stereocenters. The van der Waals surface area contributed by atoms with Crippen molar-refractivity contribution in [3.05, 3.63) is 47.5 Å². The average Bonchev–Trinajstić information content (AvgIpc) is 2.93. The fourth-order valence-corrected chi connectivity index (χ4v) is 3.48. The van der Waals surface area contributed by atoms with Gasteiger partial charge in [-0.1, -0.05) is 12.1 Å². The highest BCUT2D eigenvalue weighted by atomic mass is 35.5. The van der Waals surface area contributed by atoms with E-state index in [1.54, 1.807) is 25.1 Å². The smallest absolute Gasteiger partial charge is 0.411 e. The van der Waals surface area contributed by atoms with Gasteiger partial charge in [-0.15, -0.1) is 23.2 Å². The molecule has 6 N–H and O–H groups in total. The Morgan fingerprint density at radius 2 is 1.05 bits per heavy atom. The number of carbonyl (C=O) groups excluding carboxylic acids is 2. The number of benzene rings is 2. The molecule has 0 bridgehead atoms. The van der Waals surface area contributed by atoms with E-state index in [1.165, 1.54) is 5.56 Å². The molecule has 0 spiro atoms. The summed E-state index contributed by atoms with van der Waals surface area (Å²) in [6, 6.07) is 11.2. The van der Waals surface area contributed by atoms with Crippen molar-refractivity contribution in [2.75, 3.05) is 72.5 Å². The summed E-state index contributed by atoms with van der Waals surface area (Å²) in [7, 11) is 0. The van der Waals surface area contributed by atoms with Gasteiger partial charge in [-0.05, 0) is 74.9 Å². The number of nitrogens with one attached hydrogen (secondary N) is 4. The molecule has 40 heavy (non-hydrogen) atoms. The Morgan fingerprint density at radius 3 is 1.43 bits per heavy atom. The molecule has 2 rings (SSSR count). The number of rotatable bonds is 16. The molecule has 2 amide bonds. The minimum absolute atomic E-state index is 0.209. The Morgan fingerprint density at radius 1 is 0.675 bits per heavy atom. The van der Waals surface area contributed by atoms with Gasteiger partial charge in [-0.2, -0.15) is 0 Å². The van der Waals surface area contributed by atoms with Crippen molar-refractivity contribution in [3.8, 4) is 0 Å². The number of alkyl halides is 2. The van der Waals surface area contributed by atoms with Crippen molar-refractivity contribution >= 4 is 58.1 Å². The minimum atomic E-state index is -0.569. The number of anilines is 4. The van der Waals surface area contributed by atoms with E-state index >= 15 is 0 Å². The van der Waals surface area contributed by atoms with E-state index in [9.17, 15) is 9.59 Å². The molecule has 0 aromatic heterocycles. The van der Waals surface area contributed by atoms with Crippen LogP contribution in [0.1, 0.15) is 36.8 Å². The predicted molar refractivity (Wildman–Crippen MR) is 163 cm³/mol. The molecular weight excluding hydrogens is 559 g/mol. The summed E-state index contributed by atoms with van der Waals surface area (Å²) in [5, 5.41) is 29.3. The van der Waals surface area contributed by atoms with Crippen molar-refractivity contribution < 1.29 is 29.3 Å². The molecule has 0 aliphatic carbocycles. The highest BCUT2D eigenvalue weighted by Crippen LogP contribution is 2.24. The minimum Gasteiger partial charge on any atom is -0.449 e. The van der Waals surface area contributed by atoms with E-state index in [0.29, 0.717) is 41.5 Å². The molecule has 0 radical (unpaired) electrons. The summed E-state index contributed by atoms with van der Waals surface area (Å²) < 4.78 is 9.94. The first-order chi connectivity index (χ1) is 19.4. The van der Waals surface area contributed by atoms with E-state index in [-0.39, 0.29) is 26.4 Å². The van der Waals surface area contributed by atoms with E-state index in [2.05, 4.69) is 28.2 Å². The molecular formula is C28H42Cl2N4O6. The van der Waals surface area contributed by atoms with E-state index in [4.69, 9.17) is 42.9 Å². The lowest BCUT2D eigenvalue weighted by atomic mass is 10.1. The van der Waals surface area contributed by atoms with Gasteiger partial charge in [-0.25, -0.2) is 9.59 Å². The molecule has 0 fully saturated rings. The lowest BCUT2D eigenvalue weighted by Crippen LogP contribution is -2.18. The second kappa shape index (κ2) is 21.8. The first kappa shape index (κ1) is 35.1. The van der Waals surface area contributed by atoms with E-state index < -0.39 is 12.2 Å². The summed E-state index contributed by atoms with van der Waals surface area (Å²) in [5.74, 6) is 0.856. The number of hydrogen-bond donors (Lipinski definition) is 6. The van der Waals surface area contributed by atoms with Crippen molar-refractivity contribution in [1.29, 1.82) is 0 Å². The van der Waals surface area contributed by atoms with Crippen molar-refractivity contribution in [2.45, 2.75) is 39.5 Å². The Balaban J connectivity index is 0.000000418. The molecule has 0 aliphatic rings. The molecule has 0 saturated heterocycles. The third kappa shape index (κ3) is 14.5. The molecule has 12 heteroatoms. The highest BCUT2D eigenvalue weighted by molar-refractivity contribution is 6.18. The highest BCUT2D eigenvalue weighted by Gasteiger charge is 2.11. The Kier molecular flexibility index (Phi) is 19.2. The summed E-state index contributed by atoms with van der Waals surface area (Å²) in [6.45, 7) is 6.29. The average molecular weight is 602 g/mol. The number of ether oxygens (including phenoxy) is 2. The van der Waals surface area contributed by atoms with Crippen LogP contribution < -0.4 is 21.3 Å². The zero-order chi connectivity index (χ0) is 29.6. The number of amides is 2. The predicted octanol–water partition coefficient (Wildman–Crippen LogP) is 5.93. The van der Waals surface area contributed by atoms with Crippen LogP contribution in [-0.4, -0.2) is 73.7 Å². The van der Waals surface area contributed by atoms with Gasteiger partial charge in [-0.3, -0.25) is 10.6 Å². The van der Waals surface area contributed by atoms with Gasteiger partial charge in [0.05, 0.1) is 13.2 Å². The van der Waals surface area contributed by atoms with Gasteiger partial charge in [0, 0.05) is 60.8 Å². The SMILES string of the molecule is Cc1c(NC(=O)OCCCCl)cccc1NC(=O)OCCCCl.Cc1c(NCCCO)cccc1NCCCO. The van der Waals surface area contributed by atoms with Crippen molar-refractivity contribution in [2.24, 2.45) is 0 Å². The molecule has 2 aromatic rings. The molecule has 0 atom stereocenters. The Labute approximate surface area is 246 Å². The zero-order valence-electron chi connectivity index (χ0n) is 23.2. The second-order valence-electron chi connectivity index (χ2n) is 8.57. The molecule has 0 aliphatic heterocycles. The summed E-state index contributed by atoms with van der Waals surface area (Å²) in [6.07, 6.45) is 1.54. The van der Waals surface area contributed by atoms with Crippen LogP contribution in [0.5, 0.6) is 0 Å². The topological polar surface area (TPSA) is 141 Å². The first-order valence-electron chi connectivity index (χ1n) is 13.3. The summed E-state index contributed by atoms with van der Waals surface area (Å²) >= 11 is 11.0. The van der Waals surface area contributed by atoms with Gasteiger partial charge < -0.3 is 30.3 Å². The van der Waals surface area contributed by atoms with Gasteiger partial charge in [0.1, 0.15) is 0 Å². The third-order valence-corrected chi connectivity index (χ3v) is 6.00. The molecule has 2 aromatic carbocycles. The van der Waals surface area contributed by atoms with Crippen LogP contribution in [-0.2, 0) is 9.47 Å². The van der Waals surface area contributed by atoms with Crippen molar-refractivity contribution in [3.63, 3.8) is 0 Å². The standard InChI is InChI=1S/C15H20Cl2N2O4.C13H22N2O2/c1-11-12(18-14(20)22-9-3-7-16)5-2-6-13(11)19-15(21)23-10-4-8-17;1-11-12(14-7-3-9-16)5-2-6-13(11)15-8-4-10-17/h2,5-6H,3-4,7-10H2,1H3,(H,18,20)(H,19,21);2,5-6,14-17H,3-4,7-10H2,1H3. The van der Waals surface area contributed by atoms with Gasteiger partial charge >= 0.3 is 12.2 Å². The van der Waals surface area contributed by atoms with E-state index in [0.717, 1.165) is 37.3 Å². The van der Waals surface area contributed by atoms with Crippen LogP contribution in [0, 0.1) is 13.8 Å². The zero-order valence-corrected chi connectivity index (χ0v) is 24.7. The largest absolute Gasteiger partial charge is 0.449 e. The van der Waals surface area contributed by atoms with Gasteiger partial charge in [0.15, 0.2) is 0 Å². The maximum atomic E-state index is 11.6. The quantitative estimate of drug-likeness (QED) is 0.103. The first-order valence-corrected chi connectivity index (χ1v) is 14.3. The van der Waals surface area contributed by atoms with Crippen LogP contribution in [0.3, 0.4) is 0 Å². The molecule has 224 valence electrons. The third-order valence-electron chi connectivity index (χ3n) is 5.46. The number of halogens is 2. The summed E-state index contributed by atoms with van der Waals surface area (Å²) in [4.78, 5) is 23.3. The fourth-order valence-electron chi connectivity index (χ4n) is 3.26. The second-order valence-corrected chi connectivity index (χ2v) is 9.33. The van der Waals surface area contributed by atoms with Crippen molar-refractivity contribution in [1.82, 2.24) is 0 Å². The number of carbonyl (C=O) groups is 2. The Hall–Kier alpha value is -2.92. The lowest BCUT2D eigenvalue weighted by molar-refractivity contribution is 0.161. The molecule has 0 saturated carbocycles. The number of hydrogen-bond acceptors (Lipinski definition) is 8.